The second-order valence-corrected chi connectivity index (χ2v) is 2.46. The molecule has 0 bridgehead atoms. The molecule has 1 aliphatic rings. The van der Waals surface area contributed by atoms with Crippen LogP contribution in [0.5, 0.6) is 0 Å². The van der Waals surface area contributed by atoms with Gasteiger partial charge in [0.2, 0.25) is 0 Å². The molecule has 2 nitrogen and oxygen atoms in total. The van der Waals surface area contributed by atoms with Crippen LogP contribution in [0.25, 0.3) is 0 Å². The highest BCUT2D eigenvalue weighted by atomic mass is 79.9. The average Bonchev–Trinajstić information content (AvgIpc) is 2.10. The van der Waals surface area contributed by atoms with Crippen LogP contribution in [0.4, 0.5) is 13.2 Å². The predicted molar refractivity (Wildman–Crippen MR) is 43.6 cm³/mol. The van der Waals surface area contributed by atoms with Crippen molar-refractivity contribution in [3.63, 3.8) is 0 Å². The summed E-state index contributed by atoms with van der Waals surface area (Å²) in [5, 5.41) is 2.66. The van der Waals surface area contributed by atoms with E-state index in [0.717, 1.165) is 0 Å². The molecule has 0 saturated carbocycles. The first-order valence-corrected chi connectivity index (χ1v) is 3.50. The highest BCUT2D eigenvalue weighted by Gasteiger charge is 2.40. The molecule has 1 rings (SSSR count). The lowest BCUT2D eigenvalue weighted by atomic mass is 10.3. The van der Waals surface area contributed by atoms with Gasteiger partial charge in [-0.15, -0.1) is 17.0 Å². The number of hydrogen-bond donors (Lipinski definition) is 1. The molecule has 0 aromatic heterocycles. The molecule has 0 aromatic rings. The van der Waals surface area contributed by atoms with Gasteiger partial charge in [0.1, 0.15) is 0 Å². The molecule has 0 unspecified atom stereocenters. The Morgan fingerprint density at radius 2 is 2.00 bits per heavy atom. The van der Waals surface area contributed by atoms with E-state index in [0.29, 0.717) is 13.0 Å². The van der Waals surface area contributed by atoms with Crippen molar-refractivity contribution in [2.45, 2.75) is 18.7 Å². The number of halogens is 4. The number of nitrogens with one attached hydrogen (secondary N) is 1. The second kappa shape index (κ2) is 5.04. The van der Waals surface area contributed by atoms with E-state index in [4.69, 9.17) is 0 Å². The van der Waals surface area contributed by atoms with Gasteiger partial charge in [0, 0.05) is 13.2 Å². The van der Waals surface area contributed by atoms with Gasteiger partial charge in [-0.3, -0.25) is 0 Å². The van der Waals surface area contributed by atoms with E-state index in [1.54, 1.807) is 0 Å². The van der Waals surface area contributed by atoms with Gasteiger partial charge in [-0.25, -0.2) is 0 Å². The van der Waals surface area contributed by atoms with Gasteiger partial charge < -0.3 is 10.1 Å². The fraction of sp³-hybridized carbons (Fsp3) is 1.00. The summed E-state index contributed by atoms with van der Waals surface area (Å²) >= 11 is 0. The van der Waals surface area contributed by atoms with Crippen LogP contribution in [0.3, 0.4) is 0 Å². The zero-order chi connectivity index (χ0) is 8.32. The molecule has 1 aliphatic heterocycles. The van der Waals surface area contributed by atoms with Crippen LogP contribution in [0.15, 0.2) is 0 Å². The predicted octanol–water partition coefficient (Wildman–Crippen LogP) is 1.51. The van der Waals surface area contributed by atoms with Crippen LogP contribution in [-0.4, -0.2) is 32.0 Å². The van der Waals surface area contributed by atoms with Gasteiger partial charge >= 0.3 is 6.18 Å². The lowest BCUT2D eigenvalue weighted by Crippen LogP contribution is -2.38. The molecule has 74 valence electrons. The molecule has 1 atom stereocenters. The van der Waals surface area contributed by atoms with Crippen molar-refractivity contribution in [3.8, 4) is 0 Å². The normalized spacial score (nSPS) is 25.8. The summed E-state index contributed by atoms with van der Waals surface area (Å²) in [6.07, 6.45) is -5.20. The van der Waals surface area contributed by atoms with E-state index in [1.807, 2.05) is 0 Å². The highest BCUT2D eigenvalue weighted by molar-refractivity contribution is 8.93. The fourth-order valence-electron chi connectivity index (χ4n) is 0.925. The van der Waals surface area contributed by atoms with Crippen molar-refractivity contribution in [3.05, 3.63) is 0 Å². The van der Waals surface area contributed by atoms with Crippen LogP contribution >= 0.6 is 17.0 Å². The molecule has 1 N–H and O–H groups in total. The summed E-state index contributed by atoms with van der Waals surface area (Å²) in [5.41, 5.74) is 0. The Morgan fingerprint density at radius 3 is 2.58 bits per heavy atom. The van der Waals surface area contributed by atoms with Gasteiger partial charge in [0.05, 0.1) is 0 Å². The summed E-state index contributed by atoms with van der Waals surface area (Å²) in [6.45, 7) is 0.674. The van der Waals surface area contributed by atoms with E-state index >= 15 is 0 Å². The van der Waals surface area contributed by atoms with Crippen molar-refractivity contribution in [1.82, 2.24) is 5.32 Å². The van der Waals surface area contributed by atoms with Crippen molar-refractivity contribution >= 4 is 17.0 Å². The van der Waals surface area contributed by atoms with Crippen LogP contribution in [-0.2, 0) is 4.74 Å². The Hall–Kier alpha value is 0.190. The zero-order valence-electron chi connectivity index (χ0n) is 6.36. The topological polar surface area (TPSA) is 21.3 Å². The Morgan fingerprint density at radius 1 is 1.33 bits per heavy atom. The van der Waals surface area contributed by atoms with Crippen LogP contribution in [0.2, 0.25) is 0 Å². The molecule has 6 heteroatoms. The molecule has 0 amide bonds. The third kappa shape index (κ3) is 3.73. The molecule has 12 heavy (non-hydrogen) atoms. The van der Waals surface area contributed by atoms with E-state index in [2.05, 4.69) is 10.1 Å². The summed E-state index contributed by atoms with van der Waals surface area (Å²) in [4.78, 5) is 0. The maximum atomic E-state index is 12.0. The summed E-state index contributed by atoms with van der Waals surface area (Å²) < 4.78 is 40.5. The van der Waals surface area contributed by atoms with Gasteiger partial charge in [0.25, 0.3) is 0 Å². The Labute approximate surface area is 79.2 Å². The first-order chi connectivity index (χ1) is 5.11. The molecule has 0 spiro atoms. The number of alkyl halides is 3. The molecule has 1 fully saturated rings. The molecule has 0 aromatic carbocycles. The number of ether oxygens (including phenoxy) is 1. The average molecular weight is 250 g/mol. The largest absolute Gasteiger partial charge is 0.415 e. The number of hydrogen-bond acceptors (Lipinski definition) is 2. The first-order valence-electron chi connectivity index (χ1n) is 3.50. The van der Waals surface area contributed by atoms with E-state index in [-0.39, 0.29) is 30.1 Å². The zero-order valence-corrected chi connectivity index (χ0v) is 8.07. The minimum Gasteiger partial charge on any atom is -0.367 e. The molecule has 0 aliphatic carbocycles. The van der Waals surface area contributed by atoms with E-state index in [9.17, 15) is 13.2 Å². The first kappa shape index (κ1) is 12.2. The van der Waals surface area contributed by atoms with Crippen LogP contribution in [0.1, 0.15) is 6.42 Å². The lowest BCUT2D eigenvalue weighted by molar-refractivity contribution is -0.215. The third-order valence-corrected chi connectivity index (χ3v) is 1.51. The maximum Gasteiger partial charge on any atom is 0.415 e. The second-order valence-electron chi connectivity index (χ2n) is 2.46. The minimum absolute atomic E-state index is 0. The summed E-state index contributed by atoms with van der Waals surface area (Å²) in [6, 6.07) is 0. The van der Waals surface area contributed by atoms with Gasteiger partial charge in [-0.2, -0.15) is 13.2 Å². The fourth-order valence-corrected chi connectivity index (χ4v) is 0.925. The van der Waals surface area contributed by atoms with Crippen molar-refractivity contribution in [2.24, 2.45) is 0 Å². The van der Waals surface area contributed by atoms with E-state index in [1.165, 1.54) is 0 Å². The molecule has 1 saturated heterocycles. The Bertz CT molecular complexity index is 122. The summed E-state index contributed by atoms with van der Waals surface area (Å²) in [7, 11) is 0. The quantitative estimate of drug-likeness (QED) is 0.703. The standard InChI is InChI=1S/C6H10F3NO.BrH/c7-6(8,9)5-4-10-2-1-3-11-5;/h5,10H,1-4H2;1H/t5-;/m1./s1. The molecule has 0 radical (unpaired) electrons. The van der Waals surface area contributed by atoms with Gasteiger partial charge in [0.15, 0.2) is 6.10 Å². The van der Waals surface area contributed by atoms with E-state index < -0.39 is 12.3 Å². The lowest BCUT2D eigenvalue weighted by Gasteiger charge is -2.17. The smallest absolute Gasteiger partial charge is 0.367 e. The summed E-state index contributed by atoms with van der Waals surface area (Å²) in [5.74, 6) is 0. The Balaban J connectivity index is 0.00000121. The monoisotopic (exact) mass is 249 g/mol. The molecular formula is C6H11BrF3NO. The van der Waals surface area contributed by atoms with Crippen molar-refractivity contribution in [1.29, 1.82) is 0 Å². The van der Waals surface area contributed by atoms with Crippen LogP contribution < -0.4 is 5.32 Å². The van der Waals surface area contributed by atoms with Crippen LogP contribution in [0, 0.1) is 0 Å². The van der Waals surface area contributed by atoms with Crippen molar-refractivity contribution < 1.29 is 17.9 Å². The SMILES string of the molecule is Br.FC(F)(F)[C@H]1CNCCCO1. The molecular weight excluding hydrogens is 239 g/mol. The third-order valence-electron chi connectivity index (χ3n) is 1.51. The van der Waals surface area contributed by atoms with Gasteiger partial charge in [-0.1, -0.05) is 0 Å². The number of rotatable bonds is 0. The highest BCUT2D eigenvalue weighted by Crippen LogP contribution is 2.23. The molecule has 1 heterocycles. The van der Waals surface area contributed by atoms with Gasteiger partial charge in [-0.05, 0) is 13.0 Å². The maximum absolute atomic E-state index is 12.0. The minimum atomic E-state index is -4.22. The Kier molecular flexibility index (Phi) is 5.12. The van der Waals surface area contributed by atoms with Crippen molar-refractivity contribution in [2.75, 3.05) is 19.7 Å².